The molecule has 104 valence electrons. The highest BCUT2D eigenvalue weighted by atomic mass is 35.5. The lowest BCUT2D eigenvalue weighted by Gasteiger charge is -2.05. The summed E-state index contributed by atoms with van der Waals surface area (Å²) in [4.78, 5) is 4.21. The van der Waals surface area contributed by atoms with Crippen LogP contribution in [-0.4, -0.2) is 25.2 Å². The second-order valence-corrected chi connectivity index (χ2v) is 5.84. The van der Waals surface area contributed by atoms with Crippen molar-refractivity contribution in [1.29, 1.82) is 0 Å². The van der Waals surface area contributed by atoms with Crippen LogP contribution >= 0.6 is 23.4 Å². The minimum absolute atomic E-state index is 0.0633. The average molecular weight is 314 g/mol. The maximum atomic E-state index is 13.2. The van der Waals surface area contributed by atoms with Crippen LogP contribution in [0.15, 0.2) is 21.8 Å². The molecule has 3 rings (SSSR count). The number of halogens is 2. The molecule has 0 amide bonds. The van der Waals surface area contributed by atoms with Crippen molar-refractivity contribution in [2.24, 2.45) is 7.05 Å². The van der Waals surface area contributed by atoms with Gasteiger partial charge in [-0.05, 0) is 23.4 Å². The Labute approximate surface area is 122 Å². The molecule has 0 unspecified atom stereocenters. The average Bonchev–Trinajstić information content (AvgIpc) is 2.95. The summed E-state index contributed by atoms with van der Waals surface area (Å²) in [6.07, 6.45) is 0. The zero-order valence-corrected chi connectivity index (χ0v) is 12.1. The van der Waals surface area contributed by atoms with Crippen molar-refractivity contribution in [3.05, 3.63) is 28.8 Å². The van der Waals surface area contributed by atoms with Gasteiger partial charge < -0.3 is 4.42 Å². The van der Waals surface area contributed by atoms with Crippen molar-refractivity contribution < 1.29 is 8.81 Å². The molecule has 1 atom stereocenters. The zero-order valence-electron chi connectivity index (χ0n) is 10.5. The largest absolute Gasteiger partial charge is 0.430 e. The van der Waals surface area contributed by atoms with E-state index in [1.807, 2.05) is 6.92 Å². The van der Waals surface area contributed by atoms with Gasteiger partial charge in [0.1, 0.15) is 11.3 Å². The van der Waals surface area contributed by atoms with Gasteiger partial charge in [-0.1, -0.05) is 23.4 Å². The Morgan fingerprint density at radius 2 is 2.25 bits per heavy atom. The third-order valence-corrected chi connectivity index (χ3v) is 3.91. The molecule has 0 aliphatic heterocycles. The van der Waals surface area contributed by atoms with Crippen LogP contribution in [0.2, 0.25) is 5.02 Å². The second-order valence-electron chi connectivity index (χ2n) is 4.14. The summed E-state index contributed by atoms with van der Waals surface area (Å²) in [5, 5.41) is 11.8. The molecular weight excluding hydrogens is 305 g/mol. The van der Waals surface area contributed by atoms with Crippen LogP contribution in [0.5, 0.6) is 0 Å². The van der Waals surface area contributed by atoms with E-state index in [4.69, 9.17) is 16.0 Å². The van der Waals surface area contributed by atoms with E-state index in [2.05, 4.69) is 20.5 Å². The maximum Gasteiger partial charge on any atom is 0.257 e. The van der Waals surface area contributed by atoms with E-state index in [-0.39, 0.29) is 10.3 Å². The number of hydrogen-bond acceptors (Lipinski definition) is 6. The van der Waals surface area contributed by atoms with Crippen molar-refractivity contribution in [1.82, 2.24) is 25.2 Å². The predicted octanol–water partition coefficient (Wildman–Crippen LogP) is 3.00. The summed E-state index contributed by atoms with van der Waals surface area (Å²) in [5.41, 5.74) is 0.764. The molecular formula is C11H9ClFN5OS. The second kappa shape index (κ2) is 5.02. The third kappa shape index (κ3) is 2.36. The van der Waals surface area contributed by atoms with Gasteiger partial charge in [0.15, 0.2) is 11.4 Å². The fourth-order valence-electron chi connectivity index (χ4n) is 1.77. The van der Waals surface area contributed by atoms with Crippen LogP contribution < -0.4 is 0 Å². The van der Waals surface area contributed by atoms with Gasteiger partial charge in [0.25, 0.3) is 5.22 Å². The number of rotatable bonds is 3. The fraction of sp³-hybridized carbons (Fsp3) is 0.273. The molecule has 0 aliphatic carbocycles. The summed E-state index contributed by atoms with van der Waals surface area (Å²) in [6, 6.07) is 2.48. The normalized spacial score (nSPS) is 13.0. The monoisotopic (exact) mass is 313 g/mol. The van der Waals surface area contributed by atoms with Gasteiger partial charge in [-0.15, -0.1) is 5.10 Å². The molecule has 6 nitrogen and oxygen atoms in total. The first-order valence-electron chi connectivity index (χ1n) is 5.69. The van der Waals surface area contributed by atoms with Crippen molar-refractivity contribution in [2.45, 2.75) is 17.4 Å². The molecule has 0 saturated carbocycles. The van der Waals surface area contributed by atoms with E-state index < -0.39 is 5.82 Å². The number of thioether (sulfide) groups is 1. The Bertz CT molecular complexity index is 773. The smallest absolute Gasteiger partial charge is 0.257 e. The van der Waals surface area contributed by atoms with E-state index in [1.165, 1.54) is 23.9 Å². The number of aromatic nitrogens is 5. The van der Waals surface area contributed by atoms with Crippen LogP contribution in [0, 0.1) is 5.82 Å². The lowest BCUT2D eigenvalue weighted by Crippen LogP contribution is -2.01. The molecule has 0 radical (unpaired) electrons. The molecule has 9 heteroatoms. The van der Waals surface area contributed by atoms with Gasteiger partial charge in [0.2, 0.25) is 0 Å². The van der Waals surface area contributed by atoms with Crippen LogP contribution in [-0.2, 0) is 7.05 Å². The highest BCUT2D eigenvalue weighted by molar-refractivity contribution is 7.99. The van der Waals surface area contributed by atoms with Crippen molar-refractivity contribution in [2.75, 3.05) is 0 Å². The first kappa shape index (κ1) is 13.3. The van der Waals surface area contributed by atoms with Crippen molar-refractivity contribution >= 4 is 34.5 Å². The van der Waals surface area contributed by atoms with Gasteiger partial charge in [-0.25, -0.2) is 14.1 Å². The minimum atomic E-state index is -0.446. The summed E-state index contributed by atoms with van der Waals surface area (Å²) >= 11 is 7.25. The number of aryl methyl sites for hydroxylation is 1. The van der Waals surface area contributed by atoms with Crippen LogP contribution in [0.4, 0.5) is 4.39 Å². The third-order valence-electron chi connectivity index (χ3n) is 2.68. The molecule has 2 heterocycles. The van der Waals surface area contributed by atoms with E-state index in [9.17, 15) is 4.39 Å². The van der Waals surface area contributed by atoms with Gasteiger partial charge in [-0.2, -0.15) is 0 Å². The topological polar surface area (TPSA) is 69.6 Å². The molecule has 0 fully saturated rings. The van der Waals surface area contributed by atoms with Crippen LogP contribution in [0.25, 0.3) is 11.1 Å². The Morgan fingerprint density at radius 3 is 2.95 bits per heavy atom. The molecule has 0 spiro atoms. The Balaban J connectivity index is 1.92. The molecule has 0 bridgehead atoms. The maximum absolute atomic E-state index is 13.2. The Kier molecular flexibility index (Phi) is 3.35. The van der Waals surface area contributed by atoms with E-state index in [1.54, 1.807) is 11.7 Å². The molecule has 2 aromatic heterocycles. The predicted molar refractivity (Wildman–Crippen MR) is 72.0 cm³/mol. The number of oxazole rings is 1. The number of hydrogen-bond donors (Lipinski definition) is 0. The number of tetrazole rings is 1. The molecule has 20 heavy (non-hydrogen) atoms. The van der Waals surface area contributed by atoms with Gasteiger partial charge in [0, 0.05) is 13.1 Å². The van der Waals surface area contributed by atoms with E-state index in [0.29, 0.717) is 22.1 Å². The first-order chi connectivity index (χ1) is 9.54. The van der Waals surface area contributed by atoms with Crippen molar-refractivity contribution in [3.63, 3.8) is 0 Å². The standard InChI is InChI=1S/C11H9ClFN5OS/c1-5(10-15-16-17-18(10)2)20-11-14-8-4-6(13)3-7(12)9(8)19-11/h3-5H,1-2H3/t5-/m0/s1. The Hall–Kier alpha value is -1.67. The number of benzene rings is 1. The molecule has 0 aliphatic rings. The lowest BCUT2D eigenvalue weighted by atomic mass is 10.3. The first-order valence-corrected chi connectivity index (χ1v) is 6.95. The fourth-order valence-corrected chi connectivity index (χ4v) is 2.90. The SMILES string of the molecule is C[C@H](Sc1nc2cc(F)cc(Cl)c2o1)c1nnnn1C. The summed E-state index contributed by atoms with van der Waals surface area (Å²) in [5.74, 6) is 0.243. The quantitative estimate of drug-likeness (QED) is 0.692. The van der Waals surface area contributed by atoms with Crippen LogP contribution in [0.1, 0.15) is 18.0 Å². The van der Waals surface area contributed by atoms with Gasteiger partial charge >= 0.3 is 0 Å². The zero-order chi connectivity index (χ0) is 14.3. The summed E-state index contributed by atoms with van der Waals surface area (Å²) in [6.45, 7) is 1.92. The van der Waals surface area contributed by atoms with Gasteiger partial charge in [-0.3, -0.25) is 0 Å². The molecule has 3 aromatic rings. The summed E-state index contributed by atoms with van der Waals surface area (Å²) < 4.78 is 20.4. The van der Waals surface area contributed by atoms with E-state index in [0.717, 1.165) is 0 Å². The molecule has 0 N–H and O–H groups in total. The van der Waals surface area contributed by atoms with Crippen molar-refractivity contribution in [3.8, 4) is 0 Å². The van der Waals surface area contributed by atoms with Gasteiger partial charge in [0.05, 0.1) is 10.3 Å². The lowest BCUT2D eigenvalue weighted by molar-refractivity contribution is 0.488. The highest BCUT2D eigenvalue weighted by Crippen LogP contribution is 2.36. The Morgan fingerprint density at radius 1 is 1.45 bits per heavy atom. The van der Waals surface area contributed by atoms with E-state index >= 15 is 0 Å². The molecule has 1 aromatic carbocycles. The summed E-state index contributed by atoms with van der Waals surface area (Å²) in [7, 11) is 1.75. The minimum Gasteiger partial charge on any atom is -0.430 e. The van der Waals surface area contributed by atoms with Crippen LogP contribution in [0.3, 0.4) is 0 Å². The number of nitrogens with zero attached hydrogens (tertiary/aromatic N) is 5. The molecule has 0 saturated heterocycles. The highest BCUT2D eigenvalue weighted by Gasteiger charge is 2.18. The number of fused-ring (bicyclic) bond motifs is 1.